The molecule has 168 valence electrons. The molecule has 0 aliphatic rings. The average molecular weight is 481 g/mol. The lowest BCUT2D eigenvalue weighted by molar-refractivity contribution is -0.139. The molecule has 0 heterocycles. The van der Waals surface area contributed by atoms with Gasteiger partial charge < -0.3 is 10.2 Å². The number of nitrogens with one attached hydrogen (secondary N) is 1. The number of amides is 2. The summed E-state index contributed by atoms with van der Waals surface area (Å²) >= 11 is 13.7. The quantitative estimate of drug-likeness (QED) is 0.437. The first-order valence-corrected chi connectivity index (χ1v) is 12.4. The van der Waals surface area contributed by atoms with Gasteiger partial charge in [0.1, 0.15) is 6.04 Å². The fraction of sp³-hybridized carbons (Fsp3) is 0.417. The summed E-state index contributed by atoms with van der Waals surface area (Å²) in [6.45, 7) is 6.98. The van der Waals surface area contributed by atoms with Crippen molar-refractivity contribution in [1.29, 1.82) is 0 Å². The van der Waals surface area contributed by atoms with Crippen LogP contribution < -0.4 is 5.32 Å². The van der Waals surface area contributed by atoms with Crippen molar-refractivity contribution in [2.24, 2.45) is 0 Å². The van der Waals surface area contributed by atoms with E-state index in [-0.39, 0.29) is 17.6 Å². The van der Waals surface area contributed by atoms with Crippen LogP contribution in [0.1, 0.15) is 43.4 Å². The van der Waals surface area contributed by atoms with Gasteiger partial charge in [-0.25, -0.2) is 0 Å². The smallest absolute Gasteiger partial charge is 0.242 e. The third-order valence-electron chi connectivity index (χ3n) is 5.04. The first kappa shape index (κ1) is 25.6. The summed E-state index contributed by atoms with van der Waals surface area (Å²) < 4.78 is 0. The minimum absolute atomic E-state index is 0.0585. The van der Waals surface area contributed by atoms with E-state index in [1.807, 2.05) is 51.1 Å². The van der Waals surface area contributed by atoms with Crippen molar-refractivity contribution in [3.63, 3.8) is 0 Å². The molecule has 2 aromatic carbocycles. The zero-order valence-corrected chi connectivity index (χ0v) is 20.6. The van der Waals surface area contributed by atoms with E-state index < -0.39 is 6.04 Å². The fourth-order valence-corrected chi connectivity index (χ4v) is 4.70. The zero-order chi connectivity index (χ0) is 22.8. The Balaban J connectivity index is 2.14. The number of hydrogen-bond donors (Lipinski definition) is 1. The van der Waals surface area contributed by atoms with E-state index in [1.54, 1.807) is 17.0 Å². The Morgan fingerprint density at radius 3 is 2.48 bits per heavy atom. The molecule has 0 saturated heterocycles. The Kier molecular flexibility index (Phi) is 10.7. The lowest BCUT2D eigenvalue weighted by atomic mass is 10.1. The number of nitrogens with zero attached hydrogens (tertiary/aromatic N) is 1. The summed E-state index contributed by atoms with van der Waals surface area (Å²) in [5.41, 5.74) is 3.08. The number of hydrogen-bond acceptors (Lipinski definition) is 3. The number of carbonyl (C=O) groups excluding carboxylic acids is 2. The van der Waals surface area contributed by atoms with Crippen molar-refractivity contribution in [2.45, 2.75) is 52.0 Å². The lowest BCUT2D eigenvalue weighted by Gasteiger charge is -2.31. The molecule has 0 bridgehead atoms. The minimum atomic E-state index is -0.502. The SMILES string of the molecule is CCCNC(=O)C(CC)N(Cc1ccccc1C)C(=O)CSCc1ccc(Cl)cc1Cl. The molecule has 0 aromatic heterocycles. The minimum Gasteiger partial charge on any atom is -0.354 e. The molecule has 2 rings (SSSR count). The van der Waals surface area contributed by atoms with Crippen molar-refractivity contribution >= 4 is 46.8 Å². The van der Waals surface area contributed by atoms with Crippen molar-refractivity contribution in [1.82, 2.24) is 10.2 Å². The highest BCUT2D eigenvalue weighted by Gasteiger charge is 2.28. The number of rotatable bonds is 11. The third kappa shape index (κ3) is 7.74. The van der Waals surface area contributed by atoms with Gasteiger partial charge in [-0.05, 0) is 48.6 Å². The molecule has 4 nitrogen and oxygen atoms in total. The van der Waals surface area contributed by atoms with Gasteiger partial charge in [-0.15, -0.1) is 11.8 Å². The number of carbonyl (C=O) groups is 2. The van der Waals surface area contributed by atoms with Crippen LogP contribution in [-0.4, -0.2) is 35.1 Å². The summed E-state index contributed by atoms with van der Waals surface area (Å²) in [6, 6.07) is 12.8. The molecular formula is C24H30Cl2N2O2S. The predicted molar refractivity (Wildman–Crippen MR) is 132 cm³/mol. The highest BCUT2D eigenvalue weighted by molar-refractivity contribution is 7.99. The molecule has 0 spiro atoms. The Morgan fingerprint density at radius 2 is 1.84 bits per heavy atom. The van der Waals surface area contributed by atoms with Gasteiger partial charge in [-0.2, -0.15) is 0 Å². The van der Waals surface area contributed by atoms with Gasteiger partial charge in [0.2, 0.25) is 11.8 Å². The molecule has 2 amide bonds. The van der Waals surface area contributed by atoms with Gasteiger partial charge in [0.25, 0.3) is 0 Å². The lowest BCUT2D eigenvalue weighted by Crippen LogP contribution is -2.49. The second-order valence-electron chi connectivity index (χ2n) is 7.39. The van der Waals surface area contributed by atoms with Crippen molar-refractivity contribution in [3.8, 4) is 0 Å². The van der Waals surface area contributed by atoms with Gasteiger partial charge in [0.15, 0.2) is 0 Å². The largest absolute Gasteiger partial charge is 0.354 e. The topological polar surface area (TPSA) is 49.4 Å². The second-order valence-corrected chi connectivity index (χ2v) is 9.22. The number of benzene rings is 2. The van der Waals surface area contributed by atoms with E-state index in [1.165, 1.54) is 11.8 Å². The molecule has 2 aromatic rings. The van der Waals surface area contributed by atoms with E-state index in [2.05, 4.69) is 5.32 Å². The molecule has 1 atom stereocenters. The maximum atomic E-state index is 13.2. The van der Waals surface area contributed by atoms with Crippen LogP contribution in [0.2, 0.25) is 10.0 Å². The van der Waals surface area contributed by atoms with Crippen LogP contribution in [0.4, 0.5) is 0 Å². The predicted octanol–water partition coefficient (Wildman–Crippen LogP) is 5.87. The summed E-state index contributed by atoms with van der Waals surface area (Å²) in [5, 5.41) is 4.12. The third-order valence-corrected chi connectivity index (χ3v) is 6.59. The molecule has 31 heavy (non-hydrogen) atoms. The number of halogens is 2. The van der Waals surface area contributed by atoms with Gasteiger partial charge in [-0.1, -0.05) is 67.4 Å². The highest BCUT2D eigenvalue weighted by atomic mass is 35.5. The maximum absolute atomic E-state index is 13.2. The molecule has 0 aliphatic carbocycles. The van der Waals surface area contributed by atoms with E-state index in [0.717, 1.165) is 23.1 Å². The van der Waals surface area contributed by atoms with E-state index in [9.17, 15) is 9.59 Å². The van der Waals surface area contributed by atoms with Crippen molar-refractivity contribution < 1.29 is 9.59 Å². The number of thioether (sulfide) groups is 1. The Labute approximate surface area is 199 Å². The van der Waals surface area contributed by atoms with Gasteiger partial charge in [0.05, 0.1) is 5.75 Å². The van der Waals surface area contributed by atoms with Crippen LogP contribution in [0.5, 0.6) is 0 Å². The summed E-state index contributed by atoms with van der Waals surface area (Å²) in [6.07, 6.45) is 1.41. The summed E-state index contributed by atoms with van der Waals surface area (Å²) in [7, 11) is 0. The first-order chi connectivity index (χ1) is 14.9. The molecular weight excluding hydrogens is 451 g/mol. The van der Waals surface area contributed by atoms with Gasteiger partial charge in [-0.3, -0.25) is 9.59 Å². The fourth-order valence-electron chi connectivity index (χ4n) is 3.23. The summed E-state index contributed by atoms with van der Waals surface area (Å²) in [5.74, 6) is 0.704. The highest BCUT2D eigenvalue weighted by Crippen LogP contribution is 2.25. The molecule has 0 radical (unpaired) electrons. The van der Waals surface area contributed by atoms with Gasteiger partial charge in [0, 0.05) is 28.9 Å². The maximum Gasteiger partial charge on any atom is 0.242 e. The Bertz CT molecular complexity index is 892. The summed E-state index contributed by atoms with van der Waals surface area (Å²) in [4.78, 5) is 27.7. The molecule has 0 fully saturated rings. The van der Waals surface area contributed by atoms with Crippen LogP contribution in [0, 0.1) is 6.92 Å². The van der Waals surface area contributed by atoms with Crippen LogP contribution >= 0.6 is 35.0 Å². The molecule has 1 N–H and O–H groups in total. The monoisotopic (exact) mass is 480 g/mol. The molecule has 1 unspecified atom stereocenters. The molecule has 0 aliphatic heterocycles. The Hall–Kier alpha value is -1.69. The van der Waals surface area contributed by atoms with E-state index >= 15 is 0 Å². The first-order valence-electron chi connectivity index (χ1n) is 10.5. The van der Waals surface area contributed by atoms with Crippen molar-refractivity contribution in [3.05, 3.63) is 69.2 Å². The molecule has 0 saturated carbocycles. The second kappa shape index (κ2) is 13.0. The van der Waals surface area contributed by atoms with E-state index in [4.69, 9.17) is 23.2 Å². The van der Waals surface area contributed by atoms with Crippen LogP contribution in [0.15, 0.2) is 42.5 Å². The van der Waals surface area contributed by atoms with E-state index in [0.29, 0.717) is 35.3 Å². The van der Waals surface area contributed by atoms with Crippen LogP contribution in [0.3, 0.4) is 0 Å². The molecule has 7 heteroatoms. The van der Waals surface area contributed by atoms with Crippen LogP contribution in [-0.2, 0) is 21.9 Å². The van der Waals surface area contributed by atoms with Crippen molar-refractivity contribution in [2.75, 3.05) is 12.3 Å². The standard InChI is InChI=1S/C24H30Cl2N2O2S/c1-4-12-27-24(30)22(5-2)28(14-18-9-7-6-8-17(18)3)23(29)16-31-15-19-10-11-20(25)13-21(19)26/h6-11,13,22H,4-5,12,14-16H2,1-3H3,(H,27,30). The van der Waals surface area contributed by atoms with Crippen LogP contribution in [0.25, 0.3) is 0 Å². The number of aryl methyl sites for hydroxylation is 1. The zero-order valence-electron chi connectivity index (χ0n) is 18.3. The Morgan fingerprint density at radius 1 is 1.10 bits per heavy atom. The average Bonchev–Trinajstić information content (AvgIpc) is 2.74. The normalized spacial score (nSPS) is 11.8. The van der Waals surface area contributed by atoms with Gasteiger partial charge >= 0.3 is 0 Å².